The highest BCUT2D eigenvalue weighted by Gasteiger charge is 2.18. The van der Waals surface area contributed by atoms with Crippen molar-refractivity contribution in [3.63, 3.8) is 0 Å². The van der Waals surface area contributed by atoms with Crippen molar-refractivity contribution in [3.05, 3.63) is 41.6 Å². The van der Waals surface area contributed by atoms with E-state index in [2.05, 4.69) is 9.88 Å². The summed E-state index contributed by atoms with van der Waals surface area (Å²) in [6.07, 6.45) is 0.919. The van der Waals surface area contributed by atoms with Gasteiger partial charge in [0.1, 0.15) is 16.7 Å². The van der Waals surface area contributed by atoms with Gasteiger partial charge in [-0.3, -0.25) is 0 Å². The molecular weight excluding hydrogens is 262 g/mol. The predicted molar refractivity (Wildman–Crippen MR) is 77.2 cm³/mol. The van der Waals surface area contributed by atoms with Crippen LogP contribution in [0.1, 0.15) is 6.42 Å². The molecule has 2 aromatic rings. The van der Waals surface area contributed by atoms with Crippen LogP contribution in [-0.4, -0.2) is 18.1 Å². The van der Waals surface area contributed by atoms with Crippen molar-refractivity contribution >= 4 is 28.8 Å². The molecule has 0 atom stereocenters. The fourth-order valence-corrected chi connectivity index (χ4v) is 2.42. The molecule has 0 aliphatic carbocycles. The number of anilines is 3. The molecule has 5 heteroatoms. The number of benzene rings is 1. The first-order chi connectivity index (χ1) is 9.24. The Bertz CT molecular complexity index is 583. The van der Waals surface area contributed by atoms with Gasteiger partial charge in [-0.25, -0.2) is 4.98 Å². The number of pyridine rings is 1. The number of hydrogen-bond acceptors (Lipinski definition) is 4. The quantitative estimate of drug-likeness (QED) is 0.812. The first-order valence-electron chi connectivity index (χ1n) is 6.16. The second kappa shape index (κ2) is 4.97. The summed E-state index contributed by atoms with van der Waals surface area (Å²) in [7, 11) is 0. The molecule has 0 saturated carbocycles. The third-order valence-electron chi connectivity index (χ3n) is 3.02. The van der Waals surface area contributed by atoms with Crippen LogP contribution in [0, 0.1) is 0 Å². The Kier molecular flexibility index (Phi) is 3.17. The Morgan fingerprint density at radius 1 is 1.26 bits per heavy atom. The standard InChI is InChI=1S/C14H14ClN3O/c15-13-8-10(16)9-14(17-13)18-6-3-7-19-12-5-2-1-4-11(12)18/h1-2,4-5,8-9H,3,6-7H2,(H2,16,17). The van der Waals surface area contributed by atoms with Crippen LogP contribution in [0.15, 0.2) is 36.4 Å². The Morgan fingerprint density at radius 2 is 2.11 bits per heavy atom. The number of rotatable bonds is 1. The van der Waals surface area contributed by atoms with Crippen molar-refractivity contribution < 1.29 is 4.74 Å². The maximum Gasteiger partial charge on any atom is 0.142 e. The van der Waals surface area contributed by atoms with E-state index in [-0.39, 0.29) is 0 Å². The van der Waals surface area contributed by atoms with Crippen LogP contribution < -0.4 is 15.4 Å². The summed E-state index contributed by atoms with van der Waals surface area (Å²) in [5, 5.41) is 0.401. The maximum atomic E-state index is 5.99. The number of fused-ring (bicyclic) bond motifs is 1. The molecule has 3 rings (SSSR count). The van der Waals surface area contributed by atoms with Crippen molar-refractivity contribution in [3.8, 4) is 5.75 Å². The van der Waals surface area contributed by atoms with Crippen LogP contribution in [0.4, 0.5) is 17.2 Å². The third kappa shape index (κ3) is 2.44. The number of halogens is 1. The lowest BCUT2D eigenvalue weighted by atomic mass is 10.2. The molecule has 19 heavy (non-hydrogen) atoms. The molecule has 1 aromatic carbocycles. The SMILES string of the molecule is Nc1cc(Cl)nc(N2CCCOc3ccccc32)c1. The van der Waals surface area contributed by atoms with E-state index in [0.29, 0.717) is 17.4 Å². The molecule has 0 amide bonds. The average molecular weight is 276 g/mol. The van der Waals surface area contributed by atoms with Crippen molar-refractivity contribution in [1.29, 1.82) is 0 Å². The van der Waals surface area contributed by atoms with Gasteiger partial charge in [-0.15, -0.1) is 0 Å². The average Bonchev–Trinajstić information content (AvgIpc) is 2.59. The van der Waals surface area contributed by atoms with E-state index in [1.54, 1.807) is 6.07 Å². The highest BCUT2D eigenvalue weighted by molar-refractivity contribution is 6.29. The van der Waals surface area contributed by atoms with Gasteiger partial charge >= 0.3 is 0 Å². The molecule has 0 saturated heterocycles. The molecule has 1 aliphatic rings. The highest BCUT2D eigenvalue weighted by atomic mass is 35.5. The fourth-order valence-electron chi connectivity index (χ4n) is 2.21. The van der Waals surface area contributed by atoms with Crippen LogP contribution >= 0.6 is 11.6 Å². The summed E-state index contributed by atoms with van der Waals surface area (Å²) in [4.78, 5) is 6.44. The second-order valence-corrected chi connectivity index (χ2v) is 4.79. The monoisotopic (exact) mass is 275 g/mol. The van der Waals surface area contributed by atoms with Crippen molar-refractivity contribution in [2.45, 2.75) is 6.42 Å². The zero-order valence-corrected chi connectivity index (χ0v) is 11.1. The van der Waals surface area contributed by atoms with Crippen molar-refractivity contribution in [2.75, 3.05) is 23.8 Å². The first-order valence-corrected chi connectivity index (χ1v) is 6.54. The molecule has 0 unspecified atom stereocenters. The largest absolute Gasteiger partial charge is 0.491 e. The molecule has 0 spiro atoms. The van der Waals surface area contributed by atoms with Crippen LogP contribution in [0.2, 0.25) is 5.15 Å². The summed E-state index contributed by atoms with van der Waals surface area (Å²) in [6, 6.07) is 11.4. The Morgan fingerprint density at radius 3 is 2.95 bits per heavy atom. The fraction of sp³-hybridized carbons (Fsp3) is 0.214. The molecule has 0 fully saturated rings. The van der Waals surface area contributed by atoms with Crippen LogP contribution in [-0.2, 0) is 0 Å². The Hall–Kier alpha value is -1.94. The molecule has 2 N–H and O–H groups in total. The Labute approximate surface area is 116 Å². The van der Waals surface area contributed by atoms with E-state index >= 15 is 0 Å². The van der Waals surface area contributed by atoms with Crippen molar-refractivity contribution in [2.24, 2.45) is 0 Å². The molecule has 0 radical (unpaired) electrons. The van der Waals surface area contributed by atoms with E-state index < -0.39 is 0 Å². The van der Waals surface area contributed by atoms with Gasteiger partial charge in [-0.05, 0) is 24.6 Å². The maximum absolute atomic E-state index is 5.99. The molecule has 98 valence electrons. The summed E-state index contributed by atoms with van der Waals surface area (Å²) in [6.45, 7) is 1.52. The van der Waals surface area contributed by atoms with E-state index in [1.807, 2.05) is 30.3 Å². The summed E-state index contributed by atoms with van der Waals surface area (Å²) in [5.41, 5.74) is 7.45. The number of nitrogens with two attached hydrogens (primary N) is 1. The van der Waals surface area contributed by atoms with E-state index in [4.69, 9.17) is 22.1 Å². The molecule has 1 aromatic heterocycles. The lowest BCUT2D eigenvalue weighted by Crippen LogP contribution is -2.19. The van der Waals surface area contributed by atoms with Crippen LogP contribution in [0.5, 0.6) is 5.75 Å². The van der Waals surface area contributed by atoms with Gasteiger partial charge in [0.05, 0.1) is 12.3 Å². The van der Waals surface area contributed by atoms with Gasteiger partial charge in [-0.2, -0.15) is 0 Å². The van der Waals surface area contributed by atoms with Gasteiger partial charge in [0.15, 0.2) is 0 Å². The van der Waals surface area contributed by atoms with Gasteiger partial charge in [-0.1, -0.05) is 23.7 Å². The van der Waals surface area contributed by atoms with E-state index in [9.17, 15) is 0 Å². The van der Waals surface area contributed by atoms with Crippen LogP contribution in [0.25, 0.3) is 0 Å². The van der Waals surface area contributed by atoms with Crippen LogP contribution in [0.3, 0.4) is 0 Å². The minimum absolute atomic E-state index is 0.401. The number of nitrogen functional groups attached to an aromatic ring is 1. The molecule has 4 nitrogen and oxygen atoms in total. The summed E-state index contributed by atoms with van der Waals surface area (Å²) < 4.78 is 5.73. The topological polar surface area (TPSA) is 51.4 Å². The predicted octanol–water partition coefficient (Wildman–Crippen LogP) is 3.24. The molecular formula is C14H14ClN3O. The van der Waals surface area contributed by atoms with E-state index in [0.717, 1.165) is 30.2 Å². The number of hydrogen-bond donors (Lipinski definition) is 1. The zero-order valence-electron chi connectivity index (χ0n) is 10.3. The number of aromatic nitrogens is 1. The minimum Gasteiger partial charge on any atom is -0.491 e. The second-order valence-electron chi connectivity index (χ2n) is 4.40. The highest BCUT2D eigenvalue weighted by Crippen LogP contribution is 2.35. The lowest BCUT2D eigenvalue weighted by molar-refractivity contribution is 0.322. The molecule has 1 aliphatic heterocycles. The van der Waals surface area contributed by atoms with Gasteiger partial charge in [0, 0.05) is 18.3 Å². The number of nitrogens with zero attached hydrogens (tertiary/aromatic N) is 2. The van der Waals surface area contributed by atoms with Gasteiger partial charge in [0.25, 0.3) is 0 Å². The normalized spacial score (nSPS) is 14.5. The summed E-state index contributed by atoms with van der Waals surface area (Å²) in [5.74, 6) is 1.61. The number of ether oxygens (including phenoxy) is 1. The third-order valence-corrected chi connectivity index (χ3v) is 3.21. The molecule has 0 bridgehead atoms. The smallest absolute Gasteiger partial charge is 0.142 e. The first kappa shape index (κ1) is 12.1. The van der Waals surface area contributed by atoms with Crippen molar-refractivity contribution in [1.82, 2.24) is 4.98 Å². The molecule has 2 heterocycles. The van der Waals surface area contributed by atoms with Gasteiger partial charge < -0.3 is 15.4 Å². The lowest BCUT2D eigenvalue weighted by Gasteiger charge is -2.23. The number of para-hydroxylation sites is 2. The summed E-state index contributed by atoms with van der Waals surface area (Å²) >= 11 is 5.99. The Balaban J connectivity index is 2.09. The minimum atomic E-state index is 0.401. The zero-order chi connectivity index (χ0) is 13.2. The van der Waals surface area contributed by atoms with E-state index in [1.165, 1.54) is 0 Å². The van der Waals surface area contributed by atoms with Gasteiger partial charge in [0.2, 0.25) is 0 Å².